The first kappa shape index (κ1) is 18.0. The molecule has 0 unspecified atom stereocenters. The number of rotatable bonds is 4. The lowest BCUT2D eigenvalue weighted by molar-refractivity contribution is -0.152. The van der Waals surface area contributed by atoms with Gasteiger partial charge in [0.2, 0.25) is 0 Å². The zero-order chi connectivity index (χ0) is 17.9. The van der Waals surface area contributed by atoms with Crippen LogP contribution in [0, 0.1) is 5.92 Å². The highest BCUT2D eigenvalue weighted by Gasteiger charge is 2.42. The van der Waals surface area contributed by atoms with Crippen LogP contribution in [0.25, 0.3) is 0 Å². The molecule has 1 heterocycles. The Kier molecular flexibility index (Phi) is 5.51. The minimum Gasteiger partial charge on any atom is -0.378 e. The van der Waals surface area contributed by atoms with Gasteiger partial charge in [0.25, 0.3) is 0 Å². The SMILES string of the molecule is O=C(N[C@@H](Cc1ccccc1)C(F)(F)F)N[C@@H]1CCC[C@@H]2OCC[C@H]21. The maximum absolute atomic E-state index is 13.3. The van der Waals surface area contributed by atoms with Gasteiger partial charge in [-0.2, -0.15) is 13.2 Å². The van der Waals surface area contributed by atoms with Crippen molar-refractivity contribution < 1.29 is 22.7 Å². The summed E-state index contributed by atoms with van der Waals surface area (Å²) in [6, 6.07) is 5.59. The second kappa shape index (κ2) is 7.64. The van der Waals surface area contributed by atoms with Crippen molar-refractivity contribution in [3.05, 3.63) is 35.9 Å². The van der Waals surface area contributed by atoms with Crippen LogP contribution >= 0.6 is 0 Å². The van der Waals surface area contributed by atoms with Gasteiger partial charge in [0, 0.05) is 25.0 Å². The van der Waals surface area contributed by atoms with Crippen molar-refractivity contribution >= 4 is 6.03 Å². The number of carbonyl (C=O) groups excluding carboxylic acids is 1. The molecule has 2 aliphatic rings. The van der Waals surface area contributed by atoms with Gasteiger partial charge in [-0.3, -0.25) is 0 Å². The quantitative estimate of drug-likeness (QED) is 0.869. The van der Waals surface area contributed by atoms with E-state index >= 15 is 0 Å². The number of benzene rings is 1. The molecule has 3 rings (SSSR count). The van der Waals surface area contributed by atoms with E-state index in [2.05, 4.69) is 10.6 Å². The summed E-state index contributed by atoms with van der Waals surface area (Å²) < 4.78 is 45.5. The molecule has 25 heavy (non-hydrogen) atoms. The van der Waals surface area contributed by atoms with Gasteiger partial charge in [0.05, 0.1) is 6.10 Å². The molecular formula is C18H23F3N2O2. The van der Waals surface area contributed by atoms with E-state index < -0.39 is 18.2 Å². The monoisotopic (exact) mass is 356 g/mol. The second-order valence-electron chi connectivity index (χ2n) is 6.80. The average molecular weight is 356 g/mol. The predicted molar refractivity (Wildman–Crippen MR) is 87.1 cm³/mol. The standard InChI is InChI=1S/C18H23F3N2O2/c19-18(20,21)16(11-12-5-2-1-3-6-12)23-17(24)22-14-7-4-8-15-13(14)9-10-25-15/h1-3,5-6,13-16H,4,7-11H2,(H2,22,23,24)/t13-,14+,15-,16-/m0/s1. The summed E-state index contributed by atoms with van der Waals surface area (Å²) in [7, 11) is 0. The number of halogens is 3. The Morgan fingerprint density at radius 3 is 2.68 bits per heavy atom. The lowest BCUT2D eigenvalue weighted by Crippen LogP contribution is -2.55. The van der Waals surface area contributed by atoms with Crippen LogP contribution in [-0.4, -0.2) is 37.0 Å². The molecule has 0 bridgehead atoms. The number of carbonyl (C=O) groups is 1. The minimum absolute atomic E-state index is 0.119. The maximum Gasteiger partial charge on any atom is 0.408 e. The van der Waals surface area contributed by atoms with Crippen LogP contribution in [0.1, 0.15) is 31.2 Å². The van der Waals surface area contributed by atoms with Crippen molar-refractivity contribution in [1.29, 1.82) is 0 Å². The molecule has 4 atom stereocenters. The third-order valence-electron chi connectivity index (χ3n) is 5.08. The molecule has 1 saturated heterocycles. The molecule has 1 aliphatic heterocycles. The number of hydrogen-bond acceptors (Lipinski definition) is 2. The van der Waals surface area contributed by atoms with Crippen molar-refractivity contribution in [2.45, 2.75) is 56.5 Å². The number of urea groups is 1. The highest BCUT2D eigenvalue weighted by molar-refractivity contribution is 5.74. The lowest BCUT2D eigenvalue weighted by atomic mass is 9.82. The molecule has 4 nitrogen and oxygen atoms in total. The summed E-state index contributed by atoms with van der Waals surface area (Å²) in [5, 5.41) is 4.87. The van der Waals surface area contributed by atoms with Gasteiger partial charge in [-0.25, -0.2) is 4.79 Å². The van der Waals surface area contributed by atoms with Gasteiger partial charge in [-0.15, -0.1) is 0 Å². The summed E-state index contributed by atoms with van der Waals surface area (Å²) in [5.74, 6) is 0.206. The van der Waals surface area contributed by atoms with Crippen molar-refractivity contribution in [2.24, 2.45) is 5.92 Å². The molecule has 2 N–H and O–H groups in total. The Hall–Kier alpha value is -1.76. The third kappa shape index (κ3) is 4.66. The number of amides is 2. The van der Waals surface area contributed by atoms with Crippen LogP contribution in [0.2, 0.25) is 0 Å². The van der Waals surface area contributed by atoms with Crippen LogP contribution in [-0.2, 0) is 11.2 Å². The fraction of sp³-hybridized carbons (Fsp3) is 0.611. The van der Waals surface area contributed by atoms with Crippen molar-refractivity contribution in [2.75, 3.05) is 6.61 Å². The summed E-state index contributed by atoms with van der Waals surface area (Å²) in [6.45, 7) is 0.661. The fourth-order valence-electron chi connectivity index (χ4n) is 3.82. The fourth-order valence-corrected chi connectivity index (χ4v) is 3.82. The van der Waals surface area contributed by atoms with Crippen molar-refractivity contribution in [3.63, 3.8) is 0 Å². The molecular weight excluding hydrogens is 333 g/mol. The Balaban J connectivity index is 1.60. The number of ether oxygens (including phenoxy) is 1. The van der Waals surface area contributed by atoms with Gasteiger partial charge in [-0.05, 0) is 31.2 Å². The maximum atomic E-state index is 13.3. The van der Waals surface area contributed by atoms with Gasteiger partial charge >= 0.3 is 12.2 Å². The molecule has 0 aromatic heterocycles. The zero-order valence-electron chi connectivity index (χ0n) is 13.9. The summed E-state index contributed by atoms with van der Waals surface area (Å²) in [5.41, 5.74) is 0.534. The number of nitrogens with one attached hydrogen (secondary N) is 2. The second-order valence-corrected chi connectivity index (χ2v) is 6.80. The Morgan fingerprint density at radius 2 is 1.96 bits per heavy atom. The normalized spacial score (nSPS) is 27.4. The largest absolute Gasteiger partial charge is 0.408 e. The summed E-state index contributed by atoms with van der Waals surface area (Å²) in [4.78, 5) is 12.2. The summed E-state index contributed by atoms with van der Waals surface area (Å²) >= 11 is 0. The first-order chi connectivity index (χ1) is 11.9. The average Bonchev–Trinajstić information content (AvgIpc) is 3.04. The van der Waals surface area contributed by atoms with E-state index in [4.69, 9.17) is 4.74 Å². The third-order valence-corrected chi connectivity index (χ3v) is 5.08. The number of hydrogen-bond donors (Lipinski definition) is 2. The Bertz CT molecular complexity index is 579. The first-order valence-electron chi connectivity index (χ1n) is 8.73. The predicted octanol–water partition coefficient (Wildman–Crippen LogP) is 3.42. The van der Waals surface area contributed by atoms with Crippen LogP contribution in [0.15, 0.2) is 30.3 Å². The van der Waals surface area contributed by atoms with E-state index in [0.29, 0.717) is 12.2 Å². The van der Waals surface area contributed by atoms with E-state index in [9.17, 15) is 18.0 Å². The molecule has 138 valence electrons. The lowest BCUT2D eigenvalue weighted by Gasteiger charge is -2.33. The zero-order valence-corrected chi connectivity index (χ0v) is 13.9. The Labute approximate surface area is 145 Å². The topological polar surface area (TPSA) is 50.4 Å². The summed E-state index contributed by atoms with van der Waals surface area (Å²) in [6.07, 6.45) is -1.14. The minimum atomic E-state index is -4.50. The van der Waals surface area contributed by atoms with Crippen molar-refractivity contribution in [3.8, 4) is 0 Å². The molecule has 7 heteroatoms. The van der Waals surface area contributed by atoms with Gasteiger partial charge in [0.15, 0.2) is 0 Å². The highest BCUT2D eigenvalue weighted by atomic mass is 19.4. The van der Waals surface area contributed by atoms with E-state index in [-0.39, 0.29) is 24.5 Å². The van der Waals surface area contributed by atoms with Crippen LogP contribution in [0.4, 0.5) is 18.0 Å². The molecule has 1 saturated carbocycles. The highest BCUT2D eigenvalue weighted by Crippen LogP contribution is 2.34. The Morgan fingerprint density at radius 1 is 1.20 bits per heavy atom. The molecule has 2 fully saturated rings. The van der Waals surface area contributed by atoms with Gasteiger partial charge in [-0.1, -0.05) is 30.3 Å². The van der Waals surface area contributed by atoms with E-state index in [1.807, 2.05) is 0 Å². The van der Waals surface area contributed by atoms with Gasteiger partial charge in [0.1, 0.15) is 6.04 Å². The molecule has 1 aliphatic carbocycles. The molecule has 2 amide bonds. The number of alkyl halides is 3. The molecule has 0 radical (unpaired) electrons. The van der Waals surface area contributed by atoms with Crippen LogP contribution in [0.5, 0.6) is 0 Å². The molecule has 1 aromatic carbocycles. The first-order valence-corrected chi connectivity index (χ1v) is 8.73. The van der Waals surface area contributed by atoms with E-state index in [1.165, 1.54) is 0 Å². The smallest absolute Gasteiger partial charge is 0.378 e. The molecule has 0 spiro atoms. The van der Waals surface area contributed by atoms with Crippen LogP contribution in [0.3, 0.4) is 0 Å². The van der Waals surface area contributed by atoms with Gasteiger partial charge < -0.3 is 15.4 Å². The van der Waals surface area contributed by atoms with E-state index in [1.54, 1.807) is 30.3 Å². The van der Waals surface area contributed by atoms with E-state index in [0.717, 1.165) is 25.7 Å². The molecule has 1 aromatic rings. The van der Waals surface area contributed by atoms with Crippen LogP contribution < -0.4 is 10.6 Å². The number of fused-ring (bicyclic) bond motifs is 1. The van der Waals surface area contributed by atoms with Crippen molar-refractivity contribution in [1.82, 2.24) is 10.6 Å².